The summed E-state index contributed by atoms with van der Waals surface area (Å²) < 4.78 is 46.2. The zero-order valence-corrected chi connectivity index (χ0v) is 25.6. The van der Waals surface area contributed by atoms with E-state index in [1.165, 1.54) is 4.90 Å². The summed E-state index contributed by atoms with van der Waals surface area (Å²) in [4.78, 5) is 15.1. The van der Waals surface area contributed by atoms with E-state index in [1.54, 1.807) is 13.2 Å². The molecular formula is C32H35N2O6PS. The summed E-state index contributed by atoms with van der Waals surface area (Å²) in [5, 5.41) is 2.87. The maximum atomic E-state index is 14.3. The standard InChI is InChI=1S/C32H35N2O6PS/c1-5-21-41(27-15-9-6-10-16-27,28-17-11-7-12-18-28,29-19-13-8-14-20-29)40-42(36,37)39-34-31-23-33(32(34)35)26(24-38-4)22-30(31)25(2)3/h5-22,26,31H,2,23-24H2,1,3-4H3/b21-5+/t26-,31-/m1/s1. The monoisotopic (exact) mass is 606 g/mol. The first-order valence-corrected chi connectivity index (χ1v) is 17.2. The molecule has 2 amide bonds. The van der Waals surface area contributed by atoms with E-state index in [-0.39, 0.29) is 19.2 Å². The molecule has 1 saturated heterocycles. The second kappa shape index (κ2) is 11.6. The van der Waals surface area contributed by atoms with Crippen LogP contribution in [0.5, 0.6) is 0 Å². The third-order valence-electron chi connectivity index (χ3n) is 7.71. The number of carbonyl (C=O) groups excluding carboxylic acids is 1. The molecule has 2 aliphatic rings. The van der Waals surface area contributed by atoms with E-state index >= 15 is 0 Å². The molecule has 0 radical (unpaired) electrons. The Labute approximate surface area is 247 Å². The normalized spacial score (nSPS) is 19.9. The van der Waals surface area contributed by atoms with Crippen molar-refractivity contribution in [3.05, 3.63) is 127 Å². The van der Waals surface area contributed by atoms with E-state index in [0.717, 1.165) is 10.6 Å². The van der Waals surface area contributed by atoms with Gasteiger partial charge in [0.25, 0.3) is 0 Å². The van der Waals surface area contributed by atoms with Crippen molar-refractivity contribution in [3.63, 3.8) is 0 Å². The van der Waals surface area contributed by atoms with Crippen LogP contribution < -0.4 is 15.9 Å². The van der Waals surface area contributed by atoms with Crippen molar-refractivity contribution in [1.29, 1.82) is 0 Å². The van der Waals surface area contributed by atoms with Gasteiger partial charge in [-0.05, 0) is 0 Å². The van der Waals surface area contributed by atoms with Crippen molar-refractivity contribution in [2.75, 3.05) is 20.3 Å². The fourth-order valence-corrected chi connectivity index (χ4v) is 13.4. The zero-order chi connectivity index (χ0) is 30.0. The molecule has 2 heterocycles. The summed E-state index contributed by atoms with van der Waals surface area (Å²) in [5.74, 6) is 1.84. The Kier molecular flexibility index (Phi) is 8.25. The molecule has 2 aliphatic heterocycles. The molecular weight excluding hydrogens is 571 g/mol. The minimum atomic E-state index is -4.90. The number of amides is 2. The van der Waals surface area contributed by atoms with Gasteiger partial charge in [-0.25, -0.2) is 0 Å². The molecule has 3 aromatic rings. The molecule has 42 heavy (non-hydrogen) atoms. The van der Waals surface area contributed by atoms with Gasteiger partial charge in [-0.1, -0.05) is 0 Å². The third kappa shape index (κ3) is 4.91. The Bertz CT molecular complexity index is 1530. The van der Waals surface area contributed by atoms with E-state index in [0.29, 0.717) is 21.5 Å². The van der Waals surface area contributed by atoms with Crippen LogP contribution in [-0.2, 0) is 23.4 Å². The van der Waals surface area contributed by atoms with Gasteiger partial charge in [0.05, 0.1) is 0 Å². The molecule has 0 aliphatic carbocycles. The summed E-state index contributed by atoms with van der Waals surface area (Å²) in [6.07, 6.45) is 3.68. The maximum absolute atomic E-state index is 14.3. The topological polar surface area (TPSA) is 85.4 Å². The molecule has 8 nitrogen and oxygen atoms in total. The zero-order valence-electron chi connectivity index (χ0n) is 23.9. The van der Waals surface area contributed by atoms with Gasteiger partial charge in [0.2, 0.25) is 0 Å². The van der Waals surface area contributed by atoms with Crippen LogP contribution in [0, 0.1) is 0 Å². The Morgan fingerprint density at radius 1 is 0.952 bits per heavy atom. The van der Waals surface area contributed by atoms with Crippen LogP contribution in [0.1, 0.15) is 13.8 Å². The van der Waals surface area contributed by atoms with Crippen molar-refractivity contribution >= 4 is 39.2 Å². The number of urea groups is 1. The number of carbonyl (C=O) groups is 1. The first-order valence-electron chi connectivity index (χ1n) is 13.6. The fourth-order valence-electron chi connectivity index (χ4n) is 5.95. The van der Waals surface area contributed by atoms with E-state index in [1.807, 2.05) is 117 Å². The molecule has 220 valence electrons. The number of hydrogen-bond acceptors (Lipinski definition) is 6. The van der Waals surface area contributed by atoms with E-state index < -0.39 is 29.3 Å². The van der Waals surface area contributed by atoms with Crippen molar-refractivity contribution < 1.29 is 26.2 Å². The van der Waals surface area contributed by atoms with Crippen molar-refractivity contribution in [3.8, 4) is 0 Å². The Morgan fingerprint density at radius 2 is 1.45 bits per heavy atom. The second-order valence-electron chi connectivity index (χ2n) is 10.3. The number of rotatable bonds is 11. The SMILES string of the molecule is C=C(C)C1=C[C@H](COC)N2C[C@H]1N(OS(=O)(=O)OP(/C=C/C)(c1ccccc1)(c1ccccc1)c1ccccc1)C2=O. The molecule has 0 saturated carbocycles. The van der Waals surface area contributed by atoms with Crippen LogP contribution in [0.3, 0.4) is 0 Å². The Morgan fingerprint density at radius 3 is 1.88 bits per heavy atom. The van der Waals surface area contributed by atoms with E-state index in [4.69, 9.17) is 13.0 Å². The number of benzene rings is 3. The molecule has 2 atom stereocenters. The van der Waals surface area contributed by atoms with Gasteiger partial charge in [0, 0.05) is 0 Å². The summed E-state index contributed by atoms with van der Waals surface area (Å²) in [5.41, 5.74) is 1.42. The predicted octanol–water partition coefficient (Wildman–Crippen LogP) is 4.80. The van der Waals surface area contributed by atoms with Gasteiger partial charge in [-0.3, -0.25) is 0 Å². The van der Waals surface area contributed by atoms with Crippen LogP contribution in [0.2, 0.25) is 0 Å². The first-order chi connectivity index (χ1) is 20.2. The van der Waals surface area contributed by atoms with Crippen LogP contribution in [-0.4, -0.2) is 56.8 Å². The quantitative estimate of drug-likeness (QED) is 0.292. The van der Waals surface area contributed by atoms with Gasteiger partial charge in [-0.2, -0.15) is 0 Å². The van der Waals surface area contributed by atoms with E-state index in [2.05, 4.69) is 6.58 Å². The fraction of sp³-hybridized carbons (Fsp3) is 0.219. The van der Waals surface area contributed by atoms with Crippen molar-refractivity contribution in [2.45, 2.75) is 25.9 Å². The van der Waals surface area contributed by atoms with Gasteiger partial charge < -0.3 is 0 Å². The number of hydrogen-bond donors (Lipinski definition) is 0. The Balaban J connectivity index is 1.69. The van der Waals surface area contributed by atoms with Gasteiger partial charge >= 0.3 is 248 Å². The van der Waals surface area contributed by atoms with Crippen molar-refractivity contribution in [2.24, 2.45) is 0 Å². The molecule has 5 rings (SSSR count). The molecule has 3 aromatic carbocycles. The minimum absolute atomic E-state index is 0.232. The predicted molar refractivity (Wildman–Crippen MR) is 167 cm³/mol. The number of nitrogens with zero attached hydrogens (tertiary/aromatic N) is 2. The van der Waals surface area contributed by atoms with Crippen LogP contribution in [0.4, 0.5) is 4.79 Å². The average Bonchev–Trinajstić information content (AvgIpc) is 3.25. The average molecular weight is 607 g/mol. The van der Waals surface area contributed by atoms with Gasteiger partial charge in [0.15, 0.2) is 0 Å². The van der Waals surface area contributed by atoms with Crippen LogP contribution in [0.15, 0.2) is 127 Å². The molecule has 1 fully saturated rings. The first kappa shape index (κ1) is 29.9. The molecule has 2 bridgehead atoms. The molecule has 0 N–H and O–H groups in total. The Hall–Kier alpha value is -3.59. The van der Waals surface area contributed by atoms with Crippen LogP contribution in [0.25, 0.3) is 0 Å². The summed E-state index contributed by atoms with van der Waals surface area (Å²) in [6, 6.07) is 26.2. The number of allylic oxidation sites excluding steroid dienone is 1. The second-order valence-corrected chi connectivity index (χ2v) is 16.0. The number of fused-ring (bicyclic) bond motifs is 2. The molecule has 10 heteroatoms. The molecule has 0 unspecified atom stereocenters. The third-order valence-corrected chi connectivity index (χ3v) is 14.9. The molecule has 0 aromatic heterocycles. The number of ether oxygens (including phenoxy) is 1. The number of hydroxylamine groups is 2. The molecule has 0 spiro atoms. The summed E-state index contributed by atoms with van der Waals surface area (Å²) in [7, 11) is -3.35. The number of methoxy groups -OCH3 is 1. The summed E-state index contributed by atoms with van der Waals surface area (Å²) in [6.45, 7) is 3.75. The van der Waals surface area contributed by atoms with Gasteiger partial charge in [0.1, 0.15) is 0 Å². The van der Waals surface area contributed by atoms with Crippen molar-refractivity contribution in [1.82, 2.24) is 9.96 Å². The van der Waals surface area contributed by atoms with E-state index in [9.17, 15) is 13.2 Å². The van der Waals surface area contributed by atoms with Gasteiger partial charge in [-0.15, -0.1) is 0 Å². The summed E-state index contributed by atoms with van der Waals surface area (Å²) >= 11 is 0. The van der Waals surface area contributed by atoms with Crippen LogP contribution >= 0.6 is 6.83 Å².